The van der Waals surface area contributed by atoms with E-state index in [1.807, 2.05) is 32.0 Å². The number of hydrogen-bond donors (Lipinski definition) is 3. The Bertz CT molecular complexity index is 1670. The first-order valence-electron chi connectivity index (χ1n) is 13.4. The molecular weight excluding hydrogens is 529 g/mol. The van der Waals surface area contributed by atoms with Crippen molar-refractivity contribution in [1.82, 2.24) is 50.1 Å². The van der Waals surface area contributed by atoms with E-state index in [4.69, 9.17) is 9.72 Å². The summed E-state index contributed by atoms with van der Waals surface area (Å²) in [6, 6.07) is 7.03. The smallest absolute Gasteiger partial charge is 0.252 e. The van der Waals surface area contributed by atoms with Crippen molar-refractivity contribution in [3.05, 3.63) is 72.0 Å². The minimum atomic E-state index is -0.964. The van der Waals surface area contributed by atoms with E-state index in [1.54, 1.807) is 30.1 Å². The lowest BCUT2D eigenvalue weighted by molar-refractivity contribution is -0.148. The predicted molar refractivity (Wildman–Crippen MR) is 146 cm³/mol. The fourth-order valence-corrected chi connectivity index (χ4v) is 5.30. The molecule has 0 saturated heterocycles. The molecule has 14 heteroatoms. The number of fused-ring (bicyclic) bond motifs is 1. The van der Waals surface area contributed by atoms with E-state index in [2.05, 4.69) is 41.2 Å². The molecule has 0 aliphatic heterocycles. The molecule has 1 aliphatic rings. The molecular formula is C27H30FN11O2. The van der Waals surface area contributed by atoms with E-state index in [1.165, 1.54) is 10.9 Å². The van der Waals surface area contributed by atoms with Gasteiger partial charge in [-0.3, -0.25) is 9.89 Å². The number of ether oxygens (including phenoxy) is 1. The Balaban J connectivity index is 1.14. The van der Waals surface area contributed by atoms with Crippen molar-refractivity contribution in [2.45, 2.75) is 57.1 Å². The van der Waals surface area contributed by atoms with E-state index in [-0.39, 0.29) is 17.9 Å². The highest BCUT2D eigenvalue weighted by Crippen LogP contribution is 2.40. The van der Waals surface area contributed by atoms with Crippen molar-refractivity contribution in [2.24, 2.45) is 0 Å². The molecule has 5 aromatic rings. The zero-order chi connectivity index (χ0) is 28.6. The predicted octanol–water partition coefficient (Wildman–Crippen LogP) is 3.54. The summed E-state index contributed by atoms with van der Waals surface area (Å²) in [5, 5.41) is 25.7. The maximum absolute atomic E-state index is 13.5. The maximum Gasteiger partial charge on any atom is 0.252 e. The third-order valence-electron chi connectivity index (χ3n) is 7.64. The molecule has 1 fully saturated rings. The van der Waals surface area contributed by atoms with Crippen LogP contribution in [0.15, 0.2) is 49.1 Å². The molecule has 5 heterocycles. The number of nitrogens with zero attached hydrogens (tertiary/aromatic N) is 8. The van der Waals surface area contributed by atoms with Crippen molar-refractivity contribution >= 4 is 23.1 Å². The number of rotatable bonds is 8. The summed E-state index contributed by atoms with van der Waals surface area (Å²) in [6.07, 6.45) is 8.11. The number of H-pyrrole nitrogens is 1. The van der Waals surface area contributed by atoms with E-state index >= 15 is 0 Å². The molecule has 0 spiro atoms. The van der Waals surface area contributed by atoms with Crippen LogP contribution in [0.3, 0.4) is 0 Å². The minimum absolute atomic E-state index is 0.0549. The zero-order valence-corrected chi connectivity index (χ0v) is 22.9. The average molecular weight is 560 g/mol. The number of nitrogens with one attached hydrogen (secondary N) is 3. The third kappa shape index (κ3) is 5.25. The van der Waals surface area contributed by atoms with Crippen LogP contribution in [0.25, 0.3) is 11.3 Å². The van der Waals surface area contributed by atoms with Gasteiger partial charge in [-0.2, -0.15) is 14.7 Å². The highest BCUT2D eigenvalue weighted by atomic mass is 19.1. The van der Waals surface area contributed by atoms with Gasteiger partial charge in [-0.25, -0.2) is 19.0 Å². The summed E-state index contributed by atoms with van der Waals surface area (Å²) in [6.45, 7) is 3.82. The number of halogens is 1. The Kier molecular flexibility index (Phi) is 6.91. The first-order valence-corrected chi connectivity index (χ1v) is 13.4. The molecule has 1 atom stereocenters. The molecule has 13 nitrogen and oxygen atoms in total. The number of carbonyl (C=O) groups excluding carboxylic acids is 1. The first-order chi connectivity index (χ1) is 19.8. The van der Waals surface area contributed by atoms with Crippen LogP contribution >= 0.6 is 0 Å². The number of anilines is 2. The Morgan fingerprint density at radius 2 is 2.02 bits per heavy atom. The number of amides is 1. The number of aromatic amines is 1. The zero-order valence-electron chi connectivity index (χ0n) is 22.9. The van der Waals surface area contributed by atoms with Crippen LogP contribution in [-0.2, 0) is 9.53 Å². The van der Waals surface area contributed by atoms with Crippen molar-refractivity contribution < 1.29 is 13.9 Å². The summed E-state index contributed by atoms with van der Waals surface area (Å²) < 4.78 is 22.3. The number of carbonyl (C=O) groups is 1. The molecule has 212 valence electrons. The van der Waals surface area contributed by atoms with Crippen LogP contribution in [0.4, 0.5) is 16.0 Å². The van der Waals surface area contributed by atoms with Crippen LogP contribution in [0.5, 0.6) is 0 Å². The molecule has 0 aromatic carbocycles. The first kappa shape index (κ1) is 26.5. The summed E-state index contributed by atoms with van der Waals surface area (Å²) in [5.74, 6) is 2.02. The van der Waals surface area contributed by atoms with Crippen LogP contribution in [-0.4, -0.2) is 63.4 Å². The van der Waals surface area contributed by atoms with Gasteiger partial charge in [-0.15, -0.1) is 5.10 Å². The molecule has 3 N–H and O–H groups in total. The summed E-state index contributed by atoms with van der Waals surface area (Å²) in [4.78, 5) is 22.7. The Labute approximate surface area is 234 Å². The number of aryl methyl sites for hydroxylation is 1. The lowest BCUT2D eigenvalue weighted by Gasteiger charge is -2.38. The van der Waals surface area contributed by atoms with Gasteiger partial charge >= 0.3 is 0 Å². The normalized spacial score (nSPS) is 19.8. The van der Waals surface area contributed by atoms with E-state index in [0.29, 0.717) is 43.1 Å². The van der Waals surface area contributed by atoms with E-state index in [9.17, 15) is 9.18 Å². The van der Waals surface area contributed by atoms with E-state index < -0.39 is 11.4 Å². The number of hydrogen-bond acceptors (Lipinski definition) is 9. The summed E-state index contributed by atoms with van der Waals surface area (Å²) in [7, 11) is 1.58. The fourth-order valence-electron chi connectivity index (χ4n) is 5.30. The Morgan fingerprint density at radius 3 is 2.68 bits per heavy atom. The van der Waals surface area contributed by atoms with Crippen molar-refractivity contribution in [3.8, 4) is 5.82 Å². The highest BCUT2D eigenvalue weighted by molar-refractivity contribution is 5.85. The SMILES string of the molecule is COC1(C(=O)N[C@@H](C)c2ccc(-n3cc(F)cn3)nc2)CCC(c2nc(Nc3cc(C)[nH]n3)cc3cnnn23)CC1. The monoisotopic (exact) mass is 559 g/mol. The second-order valence-electron chi connectivity index (χ2n) is 10.4. The second-order valence-corrected chi connectivity index (χ2v) is 10.4. The van der Waals surface area contributed by atoms with Gasteiger partial charge in [-0.1, -0.05) is 11.3 Å². The molecule has 5 aromatic heterocycles. The van der Waals surface area contributed by atoms with Crippen molar-refractivity contribution in [3.63, 3.8) is 0 Å². The van der Waals surface area contributed by atoms with Crippen molar-refractivity contribution in [1.29, 1.82) is 0 Å². The Morgan fingerprint density at radius 1 is 1.20 bits per heavy atom. The van der Waals surface area contributed by atoms with Gasteiger partial charge < -0.3 is 15.4 Å². The van der Waals surface area contributed by atoms with Crippen LogP contribution in [0.2, 0.25) is 0 Å². The van der Waals surface area contributed by atoms with Gasteiger partial charge in [0.05, 0.1) is 30.1 Å². The van der Waals surface area contributed by atoms with Crippen LogP contribution in [0.1, 0.15) is 61.6 Å². The van der Waals surface area contributed by atoms with Crippen molar-refractivity contribution in [2.75, 3.05) is 12.4 Å². The number of pyridine rings is 1. The van der Waals surface area contributed by atoms with Crippen LogP contribution in [0, 0.1) is 12.7 Å². The summed E-state index contributed by atoms with van der Waals surface area (Å²) >= 11 is 0. The number of aromatic nitrogens is 9. The van der Waals surface area contributed by atoms with Gasteiger partial charge in [0.15, 0.2) is 17.5 Å². The minimum Gasteiger partial charge on any atom is -0.368 e. The molecule has 6 rings (SSSR count). The topological polar surface area (TPSA) is 153 Å². The standard InChI is InChI=1S/C27H30FN11O2/c1-16-10-23(36-35-16)33-22-11-21-14-30-37-39(21)25(34-22)18-6-8-27(41-3,9-7-18)26(40)32-17(2)19-4-5-24(29-12-19)38-15-20(28)13-31-38/h4-5,10-15,17-18H,6-9H2,1-3H3,(H,32,40)(H2,33,35,36)/t17-,18?,27?/m0/s1. The Hall–Kier alpha value is -4.72. The largest absolute Gasteiger partial charge is 0.368 e. The van der Waals surface area contributed by atoms with E-state index in [0.717, 1.165) is 28.8 Å². The lowest BCUT2D eigenvalue weighted by Crippen LogP contribution is -2.51. The number of methoxy groups -OCH3 is 1. The molecule has 0 unspecified atom stereocenters. The molecule has 1 saturated carbocycles. The molecule has 1 amide bonds. The van der Waals surface area contributed by atoms with Gasteiger partial charge in [0.25, 0.3) is 5.91 Å². The van der Waals surface area contributed by atoms with Gasteiger partial charge in [-0.05, 0) is 51.2 Å². The van der Waals surface area contributed by atoms with Gasteiger partial charge in [0.2, 0.25) is 0 Å². The summed E-state index contributed by atoms with van der Waals surface area (Å²) in [5.41, 5.74) is 1.60. The third-order valence-corrected chi connectivity index (χ3v) is 7.64. The van der Waals surface area contributed by atoms with Crippen LogP contribution < -0.4 is 10.6 Å². The second kappa shape index (κ2) is 10.7. The van der Waals surface area contributed by atoms with Gasteiger partial charge in [0, 0.05) is 37.1 Å². The average Bonchev–Trinajstić information content (AvgIpc) is 3.74. The fraction of sp³-hybridized carbons (Fsp3) is 0.370. The lowest BCUT2D eigenvalue weighted by atomic mass is 9.77. The molecule has 1 aliphatic carbocycles. The molecule has 0 radical (unpaired) electrons. The van der Waals surface area contributed by atoms with Gasteiger partial charge in [0.1, 0.15) is 17.2 Å². The quantitative estimate of drug-likeness (QED) is 0.259. The maximum atomic E-state index is 13.5. The highest BCUT2D eigenvalue weighted by Gasteiger charge is 2.43. The molecule has 0 bridgehead atoms. The molecule has 41 heavy (non-hydrogen) atoms.